The zero-order chi connectivity index (χ0) is 13.5. The van der Waals surface area contributed by atoms with Crippen molar-refractivity contribution < 1.29 is 0 Å². The smallest absolute Gasteiger partial charge is 0.162 e. The highest BCUT2D eigenvalue weighted by Gasteiger charge is 2.07. The van der Waals surface area contributed by atoms with Crippen LogP contribution < -0.4 is 5.73 Å². The van der Waals surface area contributed by atoms with Crippen LogP contribution in [0.3, 0.4) is 0 Å². The van der Waals surface area contributed by atoms with E-state index in [-0.39, 0.29) is 0 Å². The van der Waals surface area contributed by atoms with Crippen molar-refractivity contribution in [3.8, 4) is 11.4 Å². The standard InChI is InChI=1S/C16H12N4/c17-15-12-3-1-2-4-14(12)19-16(20-15)11-5-6-13-10(9-11)7-8-18-13/h1-9,18H,(H2,17,19,20). The van der Waals surface area contributed by atoms with Crippen molar-refractivity contribution in [1.82, 2.24) is 15.0 Å². The van der Waals surface area contributed by atoms with E-state index in [1.807, 2.05) is 48.7 Å². The van der Waals surface area contributed by atoms with Crippen LogP contribution in [0.15, 0.2) is 54.7 Å². The summed E-state index contributed by atoms with van der Waals surface area (Å²) in [5.41, 5.74) is 8.96. The van der Waals surface area contributed by atoms with Crippen LogP contribution in [-0.4, -0.2) is 15.0 Å². The van der Waals surface area contributed by atoms with Crippen LogP contribution in [0.1, 0.15) is 0 Å². The van der Waals surface area contributed by atoms with E-state index in [9.17, 15) is 0 Å². The number of H-pyrrole nitrogens is 1. The Morgan fingerprint density at radius 3 is 2.80 bits per heavy atom. The fourth-order valence-electron chi connectivity index (χ4n) is 2.42. The normalized spacial score (nSPS) is 11.2. The summed E-state index contributed by atoms with van der Waals surface area (Å²) in [5, 5.41) is 2.02. The van der Waals surface area contributed by atoms with Gasteiger partial charge >= 0.3 is 0 Å². The van der Waals surface area contributed by atoms with Crippen LogP contribution >= 0.6 is 0 Å². The summed E-state index contributed by atoms with van der Waals surface area (Å²) in [6.45, 7) is 0. The lowest BCUT2D eigenvalue weighted by molar-refractivity contribution is 1.24. The highest BCUT2D eigenvalue weighted by Crippen LogP contribution is 2.25. The number of benzene rings is 2. The topological polar surface area (TPSA) is 67.6 Å². The van der Waals surface area contributed by atoms with E-state index in [2.05, 4.69) is 21.0 Å². The quantitative estimate of drug-likeness (QED) is 0.551. The van der Waals surface area contributed by atoms with Gasteiger partial charge < -0.3 is 10.7 Å². The number of fused-ring (bicyclic) bond motifs is 2. The molecule has 0 aliphatic heterocycles. The van der Waals surface area contributed by atoms with E-state index in [0.717, 1.165) is 27.4 Å². The Morgan fingerprint density at radius 2 is 1.85 bits per heavy atom. The van der Waals surface area contributed by atoms with Crippen molar-refractivity contribution >= 4 is 27.6 Å². The first-order chi connectivity index (χ1) is 9.81. The number of aromatic nitrogens is 3. The van der Waals surface area contributed by atoms with E-state index < -0.39 is 0 Å². The van der Waals surface area contributed by atoms with Crippen molar-refractivity contribution in [3.05, 3.63) is 54.7 Å². The lowest BCUT2D eigenvalue weighted by Gasteiger charge is -2.05. The minimum Gasteiger partial charge on any atom is -0.383 e. The van der Waals surface area contributed by atoms with Gasteiger partial charge in [0.2, 0.25) is 0 Å². The number of nitrogens with one attached hydrogen (secondary N) is 1. The summed E-state index contributed by atoms with van der Waals surface area (Å²) in [6, 6.07) is 15.9. The number of anilines is 1. The highest BCUT2D eigenvalue weighted by atomic mass is 14.9. The molecule has 3 N–H and O–H groups in total. The molecule has 2 aromatic heterocycles. The summed E-state index contributed by atoms with van der Waals surface area (Å²) in [7, 11) is 0. The van der Waals surface area contributed by atoms with E-state index in [4.69, 9.17) is 5.73 Å². The Bertz CT molecular complexity index is 924. The molecule has 4 rings (SSSR count). The van der Waals surface area contributed by atoms with Gasteiger partial charge in [-0.3, -0.25) is 0 Å². The number of para-hydroxylation sites is 1. The maximum Gasteiger partial charge on any atom is 0.162 e. The third-order valence-electron chi connectivity index (χ3n) is 3.44. The lowest BCUT2D eigenvalue weighted by atomic mass is 10.1. The van der Waals surface area contributed by atoms with Crippen molar-refractivity contribution in [3.63, 3.8) is 0 Å². The molecule has 0 bridgehead atoms. The molecule has 20 heavy (non-hydrogen) atoms. The van der Waals surface area contributed by atoms with Crippen molar-refractivity contribution in [2.24, 2.45) is 0 Å². The summed E-state index contributed by atoms with van der Waals surface area (Å²) in [4.78, 5) is 12.2. The molecule has 0 radical (unpaired) electrons. The molecule has 0 fully saturated rings. The van der Waals surface area contributed by atoms with Crippen LogP contribution in [0, 0.1) is 0 Å². The molecule has 0 aliphatic carbocycles. The second-order valence-corrected chi connectivity index (χ2v) is 4.73. The summed E-state index contributed by atoms with van der Waals surface area (Å²) in [5.74, 6) is 1.17. The van der Waals surface area contributed by atoms with Gasteiger partial charge in [-0.15, -0.1) is 0 Å². The summed E-state index contributed by atoms with van der Waals surface area (Å²) in [6.07, 6.45) is 1.92. The SMILES string of the molecule is Nc1nc(-c2ccc3[nH]ccc3c2)nc2ccccc12. The summed E-state index contributed by atoms with van der Waals surface area (Å²) < 4.78 is 0. The minimum atomic E-state index is 0.514. The van der Waals surface area contributed by atoms with Gasteiger partial charge in [0.15, 0.2) is 5.82 Å². The van der Waals surface area contributed by atoms with Crippen LogP contribution in [0.2, 0.25) is 0 Å². The highest BCUT2D eigenvalue weighted by molar-refractivity contribution is 5.90. The molecule has 0 saturated heterocycles. The Hall–Kier alpha value is -2.88. The predicted octanol–water partition coefficient (Wildman–Crippen LogP) is 3.36. The number of hydrogen-bond acceptors (Lipinski definition) is 3. The van der Waals surface area contributed by atoms with Gasteiger partial charge in [0.05, 0.1) is 5.52 Å². The van der Waals surface area contributed by atoms with Crippen LogP contribution in [-0.2, 0) is 0 Å². The largest absolute Gasteiger partial charge is 0.383 e. The first kappa shape index (κ1) is 11.0. The maximum atomic E-state index is 6.03. The number of nitrogens with two attached hydrogens (primary N) is 1. The number of nitrogens with zero attached hydrogens (tertiary/aromatic N) is 2. The molecule has 4 aromatic rings. The van der Waals surface area contributed by atoms with Crippen molar-refractivity contribution in [2.45, 2.75) is 0 Å². The van der Waals surface area contributed by atoms with E-state index in [1.165, 1.54) is 0 Å². The minimum absolute atomic E-state index is 0.514. The first-order valence-electron chi connectivity index (χ1n) is 6.41. The second kappa shape index (κ2) is 4.06. The Labute approximate surface area is 115 Å². The Kier molecular flexibility index (Phi) is 2.23. The molecule has 2 heterocycles. The van der Waals surface area contributed by atoms with Crippen LogP contribution in [0.25, 0.3) is 33.2 Å². The predicted molar refractivity (Wildman–Crippen MR) is 81.2 cm³/mol. The molecule has 0 amide bonds. The maximum absolute atomic E-state index is 6.03. The molecule has 0 unspecified atom stereocenters. The fraction of sp³-hybridized carbons (Fsp3) is 0. The molecule has 0 atom stereocenters. The van der Waals surface area contributed by atoms with Gasteiger partial charge in [-0.2, -0.15) is 0 Å². The zero-order valence-corrected chi connectivity index (χ0v) is 10.7. The van der Waals surface area contributed by atoms with Crippen LogP contribution in [0.4, 0.5) is 5.82 Å². The van der Waals surface area contributed by atoms with Gasteiger partial charge in [0.25, 0.3) is 0 Å². The van der Waals surface area contributed by atoms with Gasteiger partial charge in [-0.1, -0.05) is 12.1 Å². The zero-order valence-electron chi connectivity index (χ0n) is 10.7. The first-order valence-corrected chi connectivity index (χ1v) is 6.41. The molecule has 4 heteroatoms. The molecule has 4 nitrogen and oxygen atoms in total. The molecule has 0 aliphatic rings. The average molecular weight is 260 g/mol. The van der Waals surface area contributed by atoms with E-state index in [1.54, 1.807) is 0 Å². The van der Waals surface area contributed by atoms with Crippen molar-refractivity contribution in [1.29, 1.82) is 0 Å². The molecule has 0 spiro atoms. The summed E-state index contributed by atoms with van der Waals surface area (Å²) >= 11 is 0. The van der Waals surface area contributed by atoms with Crippen LogP contribution in [0.5, 0.6) is 0 Å². The molecular weight excluding hydrogens is 248 g/mol. The number of rotatable bonds is 1. The van der Waals surface area contributed by atoms with E-state index in [0.29, 0.717) is 11.6 Å². The van der Waals surface area contributed by atoms with Crippen molar-refractivity contribution in [2.75, 3.05) is 5.73 Å². The average Bonchev–Trinajstić information content (AvgIpc) is 2.94. The molecule has 96 valence electrons. The molecular formula is C16H12N4. The van der Waals surface area contributed by atoms with Gasteiger partial charge in [0, 0.05) is 28.0 Å². The molecule has 0 saturated carbocycles. The third-order valence-corrected chi connectivity index (χ3v) is 3.44. The monoisotopic (exact) mass is 260 g/mol. The lowest BCUT2D eigenvalue weighted by Crippen LogP contribution is -1.97. The molecule has 2 aromatic carbocycles. The van der Waals surface area contributed by atoms with Gasteiger partial charge in [0.1, 0.15) is 5.82 Å². The van der Waals surface area contributed by atoms with Gasteiger partial charge in [-0.05, 0) is 36.4 Å². The second-order valence-electron chi connectivity index (χ2n) is 4.73. The number of aromatic amines is 1. The number of hydrogen-bond donors (Lipinski definition) is 2. The number of nitrogen functional groups attached to an aromatic ring is 1. The Morgan fingerprint density at radius 1 is 0.950 bits per heavy atom. The Balaban J connectivity index is 1.96. The van der Waals surface area contributed by atoms with E-state index >= 15 is 0 Å². The third kappa shape index (κ3) is 1.62. The van der Waals surface area contributed by atoms with Gasteiger partial charge in [-0.25, -0.2) is 9.97 Å². The fourth-order valence-corrected chi connectivity index (χ4v) is 2.42.